The molecule has 0 radical (unpaired) electrons. The average Bonchev–Trinajstić information content (AvgIpc) is 3.05. The summed E-state index contributed by atoms with van der Waals surface area (Å²) < 4.78 is 47.2. The number of carbonyl (C=O) groups excluding carboxylic acids is 2. The van der Waals surface area contributed by atoms with Gasteiger partial charge in [-0.3, -0.25) is 9.59 Å². The topological polar surface area (TPSA) is 74.3 Å². The van der Waals surface area contributed by atoms with E-state index >= 15 is 0 Å². The van der Waals surface area contributed by atoms with Crippen molar-refractivity contribution >= 4 is 11.7 Å². The lowest BCUT2D eigenvalue weighted by Gasteiger charge is -2.33. The number of hydrogen-bond acceptors (Lipinski definition) is 6. The molecule has 1 atom stereocenters. The van der Waals surface area contributed by atoms with Crippen LogP contribution in [0.3, 0.4) is 0 Å². The highest BCUT2D eigenvalue weighted by Gasteiger charge is 2.45. The fourth-order valence-electron chi connectivity index (χ4n) is 3.62. The normalized spacial score (nSPS) is 19.2. The number of nitrogens with zero attached hydrogens (tertiary/aromatic N) is 1. The van der Waals surface area contributed by atoms with Crippen molar-refractivity contribution in [1.29, 1.82) is 0 Å². The van der Waals surface area contributed by atoms with E-state index in [1.54, 1.807) is 18.2 Å². The predicted molar refractivity (Wildman–Crippen MR) is 105 cm³/mol. The van der Waals surface area contributed by atoms with Gasteiger partial charge in [0.1, 0.15) is 18.5 Å². The molecule has 4 rings (SSSR count). The minimum Gasteiger partial charge on any atom is -0.491 e. The van der Waals surface area contributed by atoms with Gasteiger partial charge in [0.15, 0.2) is 17.3 Å². The minimum atomic E-state index is -3.80. The number of ketones is 1. The van der Waals surface area contributed by atoms with Crippen LogP contribution in [-0.4, -0.2) is 55.3 Å². The number of ether oxygens (including phenoxy) is 4. The second kappa shape index (κ2) is 8.14. The Hall–Kier alpha value is -3.20. The van der Waals surface area contributed by atoms with Crippen molar-refractivity contribution in [3.05, 3.63) is 53.1 Å². The molecule has 164 valence electrons. The van der Waals surface area contributed by atoms with Gasteiger partial charge in [-0.25, -0.2) is 0 Å². The Kier molecular flexibility index (Phi) is 5.53. The summed E-state index contributed by atoms with van der Waals surface area (Å²) in [7, 11) is 0. The Morgan fingerprint density at radius 2 is 2.00 bits per heavy atom. The number of para-hydroxylation sites is 1. The van der Waals surface area contributed by atoms with Crippen molar-refractivity contribution in [3.8, 4) is 17.2 Å². The van der Waals surface area contributed by atoms with Gasteiger partial charge in [0.05, 0.1) is 18.7 Å². The number of morpholine rings is 1. The van der Waals surface area contributed by atoms with Crippen molar-refractivity contribution in [3.63, 3.8) is 0 Å². The summed E-state index contributed by atoms with van der Waals surface area (Å²) in [6, 6.07) is 9.39. The number of amides is 1. The Morgan fingerprint density at radius 3 is 2.74 bits per heavy atom. The number of rotatable bonds is 5. The first-order chi connectivity index (χ1) is 14.7. The molecule has 2 aliphatic heterocycles. The number of hydrogen-bond donors (Lipinski definition) is 0. The molecule has 0 bridgehead atoms. The van der Waals surface area contributed by atoms with E-state index < -0.39 is 18.3 Å². The first-order valence-corrected chi connectivity index (χ1v) is 9.77. The van der Waals surface area contributed by atoms with Crippen LogP contribution in [-0.2, 0) is 4.74 Å². The fraction of sp³-hybridized carbons (Fsp3) is 0.364. The number of halogens is 2. The average molecular weight is 433 g/mol. The molecule has 0 aromatic heterocycles. The molecule has 0 saturated carbocycles. The molecular weight excluding hydrogens is 412 g/mol. The van der Waals surface area contributed by atoms with Gasteiger partial charge in [-0.05, 0) is 49.7 Å². The molecule has 0 spiro atoms. The van der Waals surface area contributed by atoms with Crippen molar-refractivity contribution < 1.29 is 37.3 Å². The van der Waals surface area contributed by atoms with Crippen LogP contribution in [0.25, 0.3) is 0 Å². The molecule has 1 saturated heterocycles. The molecule has 0 aliphatic carbocycles. The first-order valence-electron chi connectivity index (χ1n) is 9.77. The molecular formula is C22H21F2NO6. The Morgan fingerprint density at radius 1 is 1.19 bits per heavy atom. The predicted octanol–water partition coefficient (Wildman–Crippen LogP) is 3.44. The van der Waals surface area contributed by atoms with Gasteiger partial charge in [-0.1, -0.05) is 6.07 Å². The molecule has 7 nitrogen and oxygen atoms in total. The Labute approximate surface area is 177 Å². The molecule has 0 N–H and O–H groups in total. The summed E-state index contributed by atoms with van der Waals surface area (Å²) in [5.74, 6) is -0.323. The van der Waals surface area contributed by atoms with Crippen LogP contribution < -0.4 is 14.2 Å². The third kappa shape index (κ3) is 4.46. The molecule has 31 heavy (non-hydrogen) atoms. The van der Waals surface area contributed by atoms with Gasteiger partial charge in [-0.2, -0.15) is 0 Å². The highest BCUT2D eigenvalue weighted by molar-refractivity contribution is 5.98. The van der Waals surface area contributed by atoms with E-state index in [0.717, 1.165) is 5.56 Å². The molecule has 1 unspecified atom stereocenters. The SMILES string of the molecule is CC(=O)c1ccc(OCC2CN(C(=O)c3cccc4c3OC(F)(F)O4)CCO2)cc1C. The first kappa shape index (κ1) is 21.0. The number of carbonyl (C=O) groups is 2. The standard InChI is InChI=1S/C22H21F2NO6/c1-13-10-15(6-7-17(13)14(2)26)29-12-16-11-25(8-9-28-16)21(27)18-4-3-5-19-20(18)31-22(23,24)30-19/h3-7,10,16H,8-9,11-12H2,1-2H3. The number of aryl methyl sites for hydroxylation is 1. The van der Waals surface area contributed by atoms with Crippen molar-refractivity contribution in [1.82, 2.24) is 4.90 Å². The Balaban J connectivity index is 1.41. The molecule has 2 heterocycles. The fourth-order valence-corrected chi connectivity index (χ4v) is 3.62. The maximum atomic E-state index is 13.4. The van der Waals surface area contributed by atoms with Crippen molar-refractivity contribution in [2.45, 2.75) is 26.2 Å². The summed E-state index contributed by atoms with van der Waals surface area (Å²) in [6.07, 6.45) is -4.20. The van der Waals surface area contributed by atoms with E-state index in [4.69, 9.17) is 9.47 Å². The number of fused-ring (bicyclic) bond motifs is 1. The second-order valence-electron chi connectivity index (χ2n) is 7.39. The van der Waals surface area contributed by atoms with Crippen LogP contribution in [0.2, 0.25) is 0 Å². The zero-order valence-corrected chi connectivity index (χ0v) is 17.0. The van der Waals surface area contributed by atoms with Gasteiger partial charge in [-0.15, -0.1) is 8.78 Å². The zero-order valence-electron chi connectivity index (χ0n) is 17.0. The van der Waals surface area contributed by atoms with Crippen molar-refractivity contribution in [2.75, 3.05) is 26.3 Å². The summed E-state index contributed by atoms with van der Waals surface area (Å²) in [5.41, 5.74) is 1.44. The molecule has 2 aliphatic rings. The molecule has 1 amide bonds. The largest absolute Gasteiger partial charge is 0.586 e. The summed E-state index contributed by atoms with van der Waals surface area (Å²) in [6.45, 7) is 4.34. The van der Waals surface area contributed by atoms with Gasteiger partial charge in [0, 0.05) is 12.1 Å². The number of Topliss-reactive ketones (excluding diaryl/α,β-unsaturated/α-hetero) is 1. The lowest BCUT2D eigenvalue weighted by molar-refractivity contribution is -0.286. The summed E-state index contributed by atoms with van der Waals surface area (Å²) >= 11 is 0. The quantitative estimate of drug-likeness (QED) is 0.673. The van der Waals surface area contributed by atoms with E-state index in [1.165, 1.54) is 30.0 Å². The zero-order chi connectivity index (χ0) is 22.2. The van der Waals surface area contributed by atoms with E-state index in [1.807, 2.05) is 6.92 Å². The van der Waals surface area contributed by atoms with Crippen LogP contribution in [0, 0.1) is 6.92 Å². The Bertz CT molecular complexity index is 1030. The van der Waals surface area contributed by atoms with Gasteiger partial charge in [0.2, 0.25) is 0 Å². The van der Waals surface area contributed by atoms with Crippen LogP contribution in [0.1, 0.15) is 33.2 Å². The molecule has 2 aromatic rings. The molecule has 2 aromatic carbocycles. The third-order valence-corrected chi connectivity index (χ3v) is 5.10. The molecule has 9 heteroatoms. The second-order valence-corrected chi connectivity index (χ2v) is 7.39. The van der Waals surface area contributed by atoms with E-state index in [2.05, 4.69) is 9.47 Å². The van der Waals surface area contributed by atoms with Crippen LogP contribution in [0.5, 0.6) is 17.2 Å². The van der Waals surface area contributed by atoms with Gasteiger partial charge in [0.25, 0.3) is 5.91 Å². The number of alkyl halides is 2. The maximum absolute atomic E-state index is 13.4. The van der Waals surface area contributed by atoms with Crippen molar-refractivity contribution in [2.24, 2.45) is 0 Å². The highest BCUT2D eigenvalue weighted by Crippen LogP contribution is 2.43. The van der Waals surface area contributed by atoms with Crippen LogP contribution in [0.4, 0.5) is 8.78 Å². The van der Waals surface area contributed by atoms with Gasteiger partial charge >= 0.3 is 6.29 Å². The van der Waals surface area contributed by atoms with E-state index in [-0.39, 0.29) is 42.6 Å². The highest BCUT2D eigenvalue weighted by atomic mass is 19.3. The third-order valence-electron chi connectivity index (χ3n) is 5.10. The summed E-state index contributed by atoms with van der Waals surface area (Å²) in [5, 5.41) is 0. The maximum Gasteiger partial charge on any atom is 0.586 e. The summed E-state index contributed by atoms with van der Waals surface area (Å²) in [4.78, 5) is 26.0. The smallest absolute Gasteiger partial charge is 0.491 e. The molecule has 1 fully saturated rings. The van der Waals surface area contributed by atoms with Crippen LogP contribution >= 0.6 is 0 Å². The van der Waals surface area contributed by atoms with E-state index in [9.17, 15) is 18.4 Å². The van der Waals surface area contributed by atoms with E-state index in [0.29, 0.717) is 17.9 Å². The monoisotopic (exact) mass is 433 g/mol. The lowest BCUT2D eigenvalue weighted by Crippen LogP contribution is -2.47. The minimum absolute atomic E-state index is 0.00619. The van der Waals surface area contributed by atoms with Crippen LogP contribution in [0.15, 0.2) is 36.4 Å². The number of benzene rings is 2. The van der Waals surface area contributed by atoms with Gasteiger partial charge < -0.3 is 23.8 Å². The lowest BCUT2D eigenvalue weighted by atomic mass is 10.1.